The summed E-state index contributed by atoms with van der Waals surface area (Å²) in [5.74, 6) is 0.0117. The zero-order valence-electron chi connectivity index (χ0n) is 14.7. The number of nitrogens with one attached hydrogen (secondary N) is 2. The van der Waals surface area contributed by atoms with Crippen molar-refractivity contribution >= 4 is 55.8 Å². The number of hydrogen-bond donors (Lipinski definition) is 2. The molecule has 1 aromatic carbocycles. The van der Waals surface area contributed by atoms with E-state index in [0.29, 0.717) is 23.0 Å². The third kappa shape index (κ3) is 4.67. The second-order valence-electron chi connectivity index (χ2n) is 5.91. The SMILES string of the molecule is Cc1csc(NC(=O)CN(C)S(=O)(=O)c2ccc3c(c2)NC(=O)CCS3)n1. The van der Waals surface area contributed by atoms with Gasteiger partial charge in [0, 0.05) is 29.5 Å². The average Bonchev–Trinajstić information content (AvgIpc) is 2.90. The predicted molar refractivity (Wildman–Crippen MR) is 106 cm³/mol. The van der Waals surface area contributed by atoms with Gasteiger partial charge in [0.15, 0.2) is 5.13 Å². The molecule has 2 amide bonds. The molecule has 1 aliphatic heterocycles. The molecular weight excluding hydrogens is 408 g/mol. The molecule has 0 spiro atoms. The Hall–Kier alpha value is -1.95. The molecule has 0 radical (unpaired) electrons. The number of aryl methyl sites for hydroxylation is 1. The summed E-state index contributed by atoms with van der Waals surface area (Å²) in [6, 6.07) is 4.58. The minimum Gasteiger partial charge on any atom is -0.325 e. The lowest BCUT2D eigenvalue weighted by Crippen LogP contribution is -2.35. The first-order chi connectivity index (χ1) is 12.8. The van der Waals surface area contributed by atoms with Crippen LogP contribution >= 0.6 is 23.1 Å². The fourth-order valence-electron chi connectivity index (χ4n) is 2.40. The Balaban J connectivity index is 1.75. The summed E-state index contributed by atoms with van der Waals surface area (Å²) in [4.78, 5) is 28.8. The van der Waals surface area contributed by atoms with Crippen LogP contribution in [-0.2, 0) is 19.6 Å². The molecule has 3 rings (SSSR count). The van der Waals surface area contributed by atoms with Crippen LogP contribution in [0.15, 0.2) is 33.4 Å². The number of aromatic nitrogens is 1. The lowest BCUT2D eigenvalue weighted by Gasteiger charge is -2.17. The Labute approximate surface area is 165 Å². The zero-order chi connectivity index (χ0) is 19.6. The molecule has 0 saturated heterocycles. The van der Waals surface area contributed by atoms with Gasteiger partial charge >= 0.3 is 0 Å². The summed E-state index contributed by atoms with van der Waals surface area (Å²) in [5, 5.41) is 7.52. The zero-order valence-corrected chi connectivity index (χ0v) is 17.1. The molecule has 11 heteroatoms. The van der Waals surface area contributed by atoms with E-state index in [4.69, 9.17) is 0 Å². The molecule has 1 aromatic heterocycles. The average molecular weight is 427 g/mol. The maximum absolute atomic E-state index is 12.8. The molecule has 0 unspecified atom stereocenters. The number of carbonyl (C=O) groups excluding carboxylic acids is 2. The predicted octanol–water partition coefficient (Wildman–Crippen LogP) is 2.15. The van der Waals surface area contributed by atoms with Crippen molar-refractivity contribution in [3.05, 3.63) is 29.3 Å². The number of carbonyl (C=O) groups is 2. The lowest BCUT2D eigenvalue weighted by molar-refractivity contribution is -0.116. The fraction of sp³-hybridized carbons (Fsp3) is 0.312. The Morgan fingerprint density at radius 3 is 2.89 bits per heavy atom. The molecule has 2 N–H and O–H groups in total. The van der Waals surface area contributed by atoms with Crippen LogP contribution in [0.3, 0.4) is 0 Å². The molecule has 0 aliphatic carbocycles. The topological polar surface area (TPSA) is 108 Å². The summed E-state index contributed by atoms with van der Waals surface area (Å²) in [5.41, 5.74) is 1.25. The van der Waals surface area contributed by atoms with Crippen LogP contribution in [0, 0.1) is 6.92 Å². The highest BCUT2D eigenvalue weighted by Gasteiger charge is 2.25. The van der Waals surface area contributed by atoms with Gasteiger partial charge in [-0.2, -0.15) is 4.31 Å². The maximum Gasteiger partial charge on any atom is 0.243 e. The fourth-order valence-corrected chi connectivity index (χ4v) is 5.19. The number of sulfonamides is 1. The molecular formula is C16H18N4O4S3. The molecule has 2 heterocycles. The summed E-state index contributed by atoms with van der Waals surface area (Å²) in [7, 11) is -2.55. The number of hydrogen-bond acceptors (Lipinski definition) is 7. The minimum atomic E-state index is -3.89. The number of thioether (sulfide) groups is 1. The Morgan fingerprint density at radius 1 is 1.41 bits per heavy atom. The number of nitrogens with zero attached hydrogens (tertiary/aromatic N) is 2. The first-order valence-electron chi connectivity index (χ1n) is 8.01. The Bertz CT molecular complexity index is 987. The first-order valence-corrected chi connectivity index (χ1v) is 11.3. The van der Waals surface area contributed by atoms with Gasteiger partial charge in [-0.15, -0.1) is 23.1 Å². The molecule has 0 atom stereocenters. The van der Waals surface area contributed by atoms with Crippen molar-refractivity contribution in [2.45, 2.75) is 23.1 Å². The number of anilines is 2. The van der Waals surface area contributed by atoms with Crippen LogP contribution in [0.5, 0.6) is 0 Å². The Kier molecular flexibility index (Phi) is 5.84. The van der Waals surface area contributed by atoms with Gasteiger partial charge in [-0.3, -0.25) is 9.59 Å². The van der Waals surface area contributed by atoms with Gasteiger partial charge in [0.2, 0.25) is 21.8 Å². The van der Waals surface area contributed by atoms with Crippen LogP contribution in [-0.4, -0.2) is 48.9 Å². The van der Waals surface area contributed by atoms with Gasteiger partial charge in [-0.05, 0) is 25.1 Å². The third-order valence-electron chi connectivity index (χ3n) is 3.75. The van der Waals surface area contributed by atoms with E-state index in [9.17, 15) is 18.0 Å². The van der Waals surface area contributed by atoms with E-state index in [1.807, 2.05) is 0 Å². The van der Waals surface area contributed by atoms with Crippen LogP contribution in [0.25, 0.3) is 0 Å². The van der Waals surface area contributed by atoms with E-state index in [2.05, 4.69) is 15.6 Å². The van der Waals surface area contributed by atoms with Crippen molar-refractivity contribution in [2.75, 3.05) is 30.0 Å². The third-order valence-corrected chi connectivity index (χ3v) is 7.50. The minimum absolute atomic E-state index is 0.0180. The van der Waals surface area contributed by atoms with Gasteiger partial charge in [-0.1, -0.05) is 0 Å². The van der Waals surface area contributed by atoms with E-state index in [1.165, 1.54) is 42.3 Å². The maximum atomic E-state index is 12.8. The highest BCUT2D eigenvalue weighted by molar-refractivity contribution is 7.99. The number of fused-ring (bicyclic) bond motifs is 1. The van der Waals surface area contributed by atoms with E-state index in [-0.39, 0.29) is 17.3 Å². The number of thiazole rings is 1. The largest absolute Gasteiger partial charge is 0.325 e. The van der Waals surface area contributed by atoms with Crippen molar-refractivity contribution in [2.24, 2.45) is 0 Å². The van der Waals surface area contributed by atoms with Crippen LogP contribution in [0.1, 0.15) is 12.1 Å². The van der Waals surface area contributed by atoms with Gasteiger partial charge in [0.25, 0.3) is 0 Å². The molecule has 8 nitrogen and oxygen atoms in total. The van der Waals surface area contributed by atoms with Crippen molar-refractivity contribution in [1.29, 1.82) is 0 Å². The second kappa shape index (κ2) is 7.97. The van der Waals surface area contributed by atoms with Crippen LogP contribution in [0.4, 0.5) is 10.8 Å². The van der Waals surface area contributed by atoms with Gasteiger partial charge in [0.1, 0.15) is 0 Å². The van der Waals surface area contributed by atoms with E-state index < -0.39 is 15.9 Å². The molecule has 2 aromatic rings. The lowest BCUT2D eigenvalue weighted by atomic mass is 10.3. The van der Waals surface area contributed by atoms with Crippen molar-refractivity contribution in [3.8, 4) is 0 Å². The smallest absolute Gasteiger partial charge is 0.243 e. The van der Waals surface area contributed by atoms with Crippen molar-refractivity contribution in [1.82, 2.24) is 9.29 Å². The van der Waals surface area contributed by atoms with E-state index in [1.54, 1.807) is 18.4 Å². The molecule has 27 heavy (non-hydrogen) atoms. The van der Waals surface area contributed by atoms with E-state index in [0.717, 1.165) is 14.9 Å². The van der Waals surface area contributed by atoms with Crippen molar-refractivity contribution in [3.63, 3.8) is 0 Å². The second-order valence-corrected chi connectivity index (χ2v) is 9.95. The number of rotatable bonds is 5. The molecule has 144 valence electrons. The van der Waals surface area contributed by atoms with Crippen LogP contribution in [0.2, 0.25) is 0 Å². The number of amides is 2. The molecule has 0 fully saturated rings. The summed E-state index contributed by atoms with van der Waals surface area (Å²) >= 11 is 2.77. The highest BCUT2D eigenvalue weighted by Crippen LogP contribution is 2.33. The number of likely N-dealkylation sites (N-methyl/N-ethyl adjacent to an activating group) is 1. The summed E-state index contributed by atoms with van der Waals surface area (Å²) in [6.45, 7) is 1.46. The molecule has 1 aliphatic rings. The quantitative estimate of drug-likeness (QED) is 0.758. The van der Waals surface area contributed by atoms with Crippen molar-refractivity contribution < 1.29 is 18.0 Å². The highest BCUT2D eigenvalue weighted by atomic mass is 32.2. The van der Waals surface area contributed by atoms with Gasteiger partial charge in [0.05, 0.1) is 22.8 Å². The molecule has 0 bridgehead atoms. The van der Waals surface area contributed by atoms with Crippen LogP contribution < -0.4 is 10.6 Å². The standard InChI is InChI=1S/C16H18N4O4S3/c1-10-9-26-16(17-10)19-15(22)8-20(2)27(23,24)11-3-4-13-12(7-11)18-14(21)5-6-25-13/h3-4,7,9H,5-6,8H2,1-2H3,(H,18,21)(H,17,19,22). The first kappa shape index (κ1) is 19.8. The summed E-state index contributed by atoms with van der Waals surface area (Å²) in [6.07, 6.45) is 0.373. The molecule has 0 saturated carbocycles. The van der Waals surface area contributed by atoms with Gasteiger partial charge in [-0.25, -0.2) is 13.4 Å². The number of benzene rings is 1. The Morgan fingerprint density at radius 2 is 2.19 bits per heavy atom. The van der Waals surface area contributed by atoms with E-state index >= 15 is 0 Å². The normalized spacial score (nSPS) is 14.4. The van der Waals surface area contributed by atoms with Gasteiger partial charge < -0.3 is 10.6 Å². The summed E-state index contributed by atoms with van der Waals surface area (Å²) < 4.78 is 26.6. The monoisotopic (exact) mass is 426 g/mol.